The molecule has 1 aromatic heterocycles. The smallest absolute Gasteiger partial charge is 0.243 e. The van der Waals surface area contributed by atoms with Crippen LogP contribution >= 0.6 is 0 Å². The van der Waals surface area contributed by atoms with Gasteiger partial charge in [0.1, 0.15) is 6.04 Å². The Morgan fingerprint density at radius 1 is 1.19 bits per heavy atom. The number of carbonyl (C=O) groups is 1. The third kappa shape index (κ3) is 3.99. The SMILES string of the molecule is CCc1ccc(-c2cc(-c3cccc(NC(=O)[C@@H](N)CO)c3)[nH]n2)cc1. The monoisotopic (exact) mass is 350 g/mol. The van der Waals surface area contributed by atoms with E-state index in [2.05, 4.69) is 46.7 Å². The van der Waals surface area contributed by atoms with Crippen molar-refractivity contribution >= 4 is 11.6 Å². The summed E-state index contributed by atoms with van der Waals surface area (Å²) >= 11 is 0. The highest BCUT2D eigenvalue weighted by molar-refractivity contribution is 5.95. The molecule has 1 amide bonds. The number of carbonyl (C=O) groups excluding carboxylic acids is 1. The van der Waals surface area contributed by atoms with Gasteiger partial charge in [-0.15, -0.1) is 0 Å². The van der Waals surface area contributed by atoms with E-state index in [-0.39, 0.29) is 0 Å². The van der Waals surface area contributed by atoms with Crippen LogP contribution in [0.4, 0.5) is 5.69 Å². The van der Waals surface area contributed by atoms with Gasteiger partial charge in [-0.2, -0.15) is 5.10 Å². The van der Waals surface area contributed by atoms with E-state index in [1.165, 1.54) is 5.56 Å². The first-order valence-electron chi connectivity index (χ1n) is 8.53. The molecule has 5 N–H and O–H groups in total. The molecule has 0 aliphatic rings. The Labute approximate surface area is 152 Å². The Balaban J connectivity index is 1.80. The van der Waals surface area contributed by atoms with Gasteiger partial charge < -0.3 is 16.2 Å². The maximum atomic E-state index is 11.8. The molecule has 0 bridgehead atoms. The third-order valence-corrected chi connectivity index (χ3v) is 4.21. The summed E-state index contributed by atoms with van der Waals surface area (Å²) in [5.41, 5.74) is 11.1. The summed E-state index contributed by atoms with van der Waals surface area (Å²) < 4.78 is 0. The van der Waals surface area contributed by atoms with Crippen LogP contribution in [-0.2, 0) is 11.2 Å². The average molecular weight is 350 g/mol. The first-order valence-corrected chi connectivity index (χ1v) is 8.53. The van der Waals surface area contributed by atoms with Crippen LogP contribution in [0.2, 0.25) is 0 Å². The molecule has 2 aromatic carbocycles. The van der Waals surface area contributed by atoms with E-state index >= 15 is 0 Å². The van der Waals surface area contributed by atoms with Crippen LogP contribution < -0.4 is 11.1 Å². The second kappa shape index (κ2) is 7.95. The standard InChI is InChI=1S/C20H22N4O2/c1-2-13-6-8-14(9-7-13)18-11-19(24-23-18)15-4-3-5-16(10-15)22-20(26)17(21)12-25/h3-11,17,25H,2,12,21H2,1H3,(H,22,26)(H,23,24)/t17-/m0/s1. The Morgan fingerprint density at radius 3 is 2.65 bits per heavy atom. The highest BCUT2D eigenvalue weighted by Crippen LogP contribution is 2.26. The number of rotatable bonds is 6. The highest BCUT2D eigenvalue weighted by Gasteiger charge is 2.13. The van der Waals surface area contributed by atoms with Crippen LogP contribution in [0, 0.1) is 0 Å². The highest BCUT2D eigenvalue weighted by atomic mass is 16.3. The zero-order valence-electron chi connectivity index (χ0n) is 14.6. The minimum Gasteiger partial charge on any atom is -0.394 e. The molecule has 1 atom stereocenters. The minimum atomic E-state index is -0.941. The Kier molecular flexibility index (Phi) is 5.46. The molecule has 0 saturated carbocycles. The number of amides is 1. The van der Waals surface area contributed by atoms with Crippen molar-refractivity contribution in [1.29, 1.82) is 0 Å². The number of H-pyrrole nitrogens is 1. The van der Waals surface area contributed by atoms with E-state index in [1.807, 2.05) is 24.3 Å². The van der Waals surface area contributed by atoms with Gasteiger partial charge in [-0.25, -0.2) is 0 Å². The Hall–Kier alpha value is -2.96. The molecule has 0 radical (unpaired) electrons. The number of anilines is 1. The predicted octanol–water partition coefficient (Wildman–Crippen LogP) is 2.56. The van der Waals surface area contributed by atoms with Crippen LogP contribution in [0.3, 0.4) is 0 Å². The maximum Gasteiger partial charge on any atom is 0.243 e. The molecular formula is C20H22N4O2. The minimum absolute atomic E-state index is 0.397. The van der Waals surface area contributed by atoms with Gasteiger partial charge in [-0.1, -0.05) is 43.3 Å². The molecule has 0 saturated heterocycles. The Bertz CT molecular complexity index is 887. The Morgan fingerprint density at radius 2 is 1.96 bits per heavy atom. The number of aromatic amines is 1. The zero-order valence-corrected chi connectivity index (χ0v) is 14.6. The van der Waals surface area contributed by atoms with Crippen LogP contribution in [0.15, 0.2) is 54.6 Å². The molecule has 1 heterocycles. The molecule has 6 nitrogen and oxygen atoms in total. The number of aliphatic hydroxyl groups excluding tert-OH is 1. The van der Waals surface area contributed by atoms with E-state index in [9.17, 15) is 4.79 Å². The van der Waals surface area contributed by atoms with E-state index in [0.29, 0.717) is 5.69 Å². The van der Waals surface area contributed by atoms with Gasteiger partial charge in [-0.3, -0.25) is 9.89 Å². The van der Waals surface area contributed by atoms with Crippen molar-refractivity contribution in [3.63, 3.8) is 0 Å². The largest absolute Gasteiger partial charge is 0.394 e. The van der Waals surface area contributed by atoms with Crippen molar-refractivity contribution in [2.24, 2.45) is 5.73 Å². The molecule has 0 spiro atoms. The van der Waals surface area contributed by atoms with Crippen LogP contribution in [-0.4, -0.2) is 33.9 Å². The van der Waals surface area contributed by atoms with Crippen molar-refractivity contribution in [2.45, 2.75) is 19.4 Å². The summed E-state index contributed by atoms with van der Waals surface area (Å²) in [5.74, 6) is -0.425. The van der Waals surface area contributed by atoms with E-state index < -0.39 is 18.6 Å². The van der Waals surface area contributed by atoms with Gasteiger partial charge in [0.05, 0.1) is 18.0 Å². The summed E-state index contributed by atoms with van der Waals surface area (Å²) in [7, 11) is 0. The number of hydrogen-bond donors (Lipinski definition) is 4. The molecule has 3 aromatic rings. The van der Waals surface area contributed by atoms with Crippen LogP contribution in [0.1, 0.15) is 12.5 Å². The van der Waals surface area contributed by atoms with Gasteiger partial charge in [-0.05, 0) is 30.2 Å². The molecule has 0 fully saturated rings. The summed E-state index contributed by atoms with van der Waals surface area (Å²) in [6.45, 7) is 1.73. The first kappa shape index (κ1) is 17.8. The quantitative estimate of drug-likeness (QED) is 0.548. The molecule has 134 valence electrons. The van der Waals surface area contributed by atoms with E-state index in [4.69, 9.17) is 10.8 Å². The lowest BCUT2D eigenvalue weighted by molar-refractivity contribution is -0.118. The van der Waals surface area contributed by atoms with Gasteiger partial charge in [0.15, 0.2) is 0 Å². The van der Waals surface area contributed by atoms with Crippen molar-refractivity contribution in [3.05, 3.63) is 60.2 Å². The lowest BCUT2D eigenvalue weighted by Crippen LogP contribution is -2.38. The van der Waals surface area contributed by atoms with Gasteiger partial charge in [0, 0.05) is 16.8 Å². The summed E-state index contributed by atoms with van der Waals surface area (Å²) in [5, 5.41) is 19.1. The molecule has 26 heavy (non-hydrogen) atoms. The number of nitrogens with two attached hydrogens (primary N) is 1. The molecule has 0 unspecified atom stereocenters. The number of aryl methyl sites for hydroxylation is 1. The van der Waals surface area contributed by atoms with Crippen LogP contribution in [0.5, 0.6) is 0 Å². The second-order valence-corrected chi connectivity index (χ2v) is 6.08. The number of nitrogens with one attached hydrogen (secondary N) is 2. The summed E-state index contributed by atoms with van der Waals surface area (Å²) in [6, 6.07) is 16.7. The summed E-state index contributed by atoms with van der Waals surface area (Å²) in [6.07, 6.45) is 1.00. The van der Waals surface area contributed by atoms with Gasteiger partial charge in [0.25, 0.3) is 0 Å². The topological polar surface area (TPSA) is 104 Å². The zero-order chi connectivity index (χ0) is 18.5. The number of hydrogen-bond acceptors (Lipinski definition) is 4. The fraction of sp³-hybridized carbons (Fsp3) is 0.200. The fourth-order valence-corrected chi connectivity index (χ4v) is 2.61. The predicted molar refractivity (Wildman–Crippen MR) is 103 cm³/mol. The number of aliphatic hydroxyl groups is 1. The van der Waals surface area contributed by atoms with Gasteiger partial charge >= 0.3 is 0 Å². The van der Waals surface area contributed by atoms with Crippen molar-refractivity contribution in [2.75, 3.05) is 11.9 Å². The molecule has 0 aliphatic carbocycles. The van der Waals surface area contributed by atoms with E-state index in [1.54, 1.807) is 6.07 Å². The van der Waals surface area contributed by atoms with E-state index in [0.717, 1.165) is 28.9 Å². The number of nitrogens with zero attached hydrogens (tertiary/aromatic N) is 1. The lowest BCUT2D eigenvalue weighted by Gasteiger charge is -2.10. The molecule has 6 heteroatoms. The average Bonchev–Trinajstić information content (AvgIpc) is 3.18. The van der Waals surface area contributed by atoms with Crippen molar-refractivity contribution < 1.29 is 9.90 Å². The van der Waals surface area contributed by atoms with Gasteiger partial charge in [0.2, 0.25) is 5.91 Å². The number of benzene rings is 2. The second-order valence-electron chi connectivity index (χ2n) is 6.08. The van der Waals surface area contributed by atoms with Crippen molar-refractivity contribution in [3.8, 4) is 22.5 Å². The normalized spacial score (nSPS) is 12.0. The fourth-order valence-electron chi connectivity index (χ4n) is 2.61. The first-order chi connectivity index (χ1) is 12.6. The number of aromatic nitrogens is 2. The lowest BCUT2D eigenvalue weighted by atomic mass is 10.1. The molecule has 0 aliphatic heterocycles. The van der Waals surface area contributed by atoms with Crippen LogP contribution in [0.25, 0.3) is 22.5 Å². The van der Waals surface area contributed by atoms with Crippen molar-refractivity contribution in [1.82, 2.24) is 10.2 Å². The maximum absolute atomic E-state index is 11.8. The molecule has 3 rings (SSSR count). The molecular weight excluding hydrogens is 328 g/mol. The third-order valence-electron chi connectivity index (χ3n) is 4.21. The summed E-state index contributed by atoms with van der Waals surface area (Å²) in [4.78, 5) is 11.8.